The highest BCUT2D eigenvalue weighted by Gasteiger charge is 2.33. The Hall–Kier alpha value is -2.98. The number of carboxylic acids is 1. The van der Waals surface area contributed by atoms with Gasteiger partial charge in [0, 0.05) is 18.5 Å². The topological polar surface area (TPSA) is 111 Å². The van der Waals surface area contributed by atoms with E-state index in [9.17, 15) is 28.1 Å². The molecule has 1 N–H and O–H groups in total. The molecule has 8 nitrogen and oxygen atoms in total. The first-order valence-corrected chi connectivity index (χ1v) is 5.20. The van der Waals surface area contributed by atoms with E-state index in [2.05, 4.69) is 10.1 Å². The first-order chi connectivity index (χ1) is 9.70. The number of halogens is 3. The molecule has 0 amide bonds. The zero-order valence-electron chi connectivity index (χ0n) is 9.90. The third kappa shape index (κ3) is 2.80. The van der Waals surface area contributed by atoms with Crippen LogP contribution in [-0.4, -0.2) is 30.8 Å². The molecular weight excluding hydrogens is 297 g/mol. The molecule has 0 atom stereocenters. The van der Waals surface area contributed by atoms with Crippen LogP contribution >= 0.6 is 0 Å². The van der Waals surface area contributed by atoms with Crippen LogP contribution in [0.5, 0.6) is 0 Å². The average Bonchev–Trinajstić information content (AvgIpc) is 2.87. The van der Waals surface area contributed by atoms with Gasteiger partial charge in [0.1, 0.15) is 0 Å². The molecule has 0 bridgehead atoms. The van der Waals surface area contributed by atoms with Crippen LogP contribution in [0.2, 0.25) is 0 Å². The summed E-state index contributed by atoms with van der Waals surface area (Å²) in [5, 5.41) is 23.0. The molecule has 2 heterocycles. The van der Waals surface area contributed by atoms with Gasteiger partial charge < -0.3 is 5.11 Å². The van der Waals surface area contributed by atoms with E-state index < -0.39 is 39.7 Å². The largest absolute Gasteiger partial charge is 0.478 e. The number of rotatable bonds is 3. The summed E-state index contributed by atoms with van der Waals surface area (Å²) in [5.41, 5.74) is -2.35. The summed E-state index contributed by atoms with van der Waals surface area (Å²) in [4.78, 5) is 24.2. The predicted octanol–water partition coefficient (Wildman–Crippen LogP) is 1.89. The van der Waals surface area contributed by atoms with Crippen molar-refractivity contribution >= 4 is 11.7 Å². The van der Waals surface area contributed by atoms with Crippen molar-refractivity contribution in [3.8, 4) is 5.82 Å². The molecule has 2 aromatic rings. The van der Waals surface area contributed by atoms with Gasteiger partial charge in [-0.3, -0.25) is 10.1 Å². The van der Waals surface area contributed by atoms with Crippen LogP contribution in [0.25, 0.3) is 5.82 Å². The summed E-state index contributed by atoms with van der Waals surface area (Å²) in [5.74, 6) is -1.96. The lowest BCUT2D eigenvalue weighted by Gasteiger charge is -2.03. The second-order valence-corrected chi connectivity index (χ2v) is 3.80. The van der Waals surface area contributed by atoms with Gasteiger partial charge in [-0.25, -0.2) is 14.5 Å². The second kappa shape index (κ2) is 4.85. The fraction of sp³-hybridized carbons (Fsp3) is 0.100. The maximum absolute atomic E-state index is 12.5. The molecule has 0 radical (unpaired) electrons. The molecular formula is C10H5F3N4O4. The van der Waals surface area contributed by atoms with E-state index in [1.54, 1.807) is 0 Å². The normalized spacial score (nSPS) is 11.4. The highest BCUT2D eigenvalue weighted by atomic mass is 19.4. The Labute approximate surface area is 113 Å². The van der Waals surface area contributed by atoms with Crippen LogP contribution in [0.1, 0.15) is 15.9 Å². The van der Waals surface area contributed by atoms with E-state index in [0.29, 0.717) is 23.1 Å². The number of nitrogens with zero attached hydrogens (tertiary/aromatic N) is 4. The van der Waals surface area contributed by atoms with E-state index in [4.69, 9.17) is 5.11 Å². The molecule has 0 aliphatic rings. The van der Waals surface area contributed by atoms with Gasteiger partial charge in [0.15, 0.2) is 0 Å². The van der Waals surface area contributed by atoms with Crippen molar-refractivity contribution in [2.75, 3.05) is 0 Å². The van der Waals surface area contributed by atoms with Crippen molar-refractivity contribution in [3.05, 3.63) is 45.9 Å². The van der Waals surface area contributed by atoms with Crippen molar-refractivity contribution in [1.82, 2.24) is 14.8 Å². The van der Waals surface area contributed by atoms with E-state index in [-0.39, 0.29) is 0 Å². The Morgan fingerprint density at radius 2 is 2.05 bits per heavy atom. The molecule has 0 saturated carbocycles. The average molecular weight is 302 g/mol. The maximum atomic E-state index is 12.5. The summed E-state index contributed by atoms with van der Waals surface area (Å²) in [6.07, 6.45) is -2.86. The van der Waals surface area contributed by atoms with Crippen molar-refractivity contribution < 1.29 is 28.0 Å². The first-order valence-electron chi connectivity index (χ1n) is 5.20. The zero-order valence-corrected chi connectivity index (χ0v) is 9.90. The standard InChI is InChI=1S/C10H5F3N4O4/c11-10(12,13)6-3-15-16(4-6)8-7(17(20)21)1-5(2-14-8)9(18)19/h1-4H,(H,18,19). The zero-order chi connectivity index (χ0) is 15.8. The van der Waals surface area contributed by atoms with Gasteiger partial charge in [0.2, 0.25) is 5.82 Å². The fourth-order valence-corrected chi connectivity index (χ4v) is 1.46. The number of alkyl halides is 3. The lowest BCUT2D eigenvalue weighted by Crippen LogP contribution is -2.07. The molecule has 0 fully saturated rings. The molecule has 2 rings (SSSR count). The number of hydrogen-bond acceptors (Lipinski definition) is 5. The Morgan fingerprint density at radius 1 is 1.38 bits per heavy atom. The molecule has 0 unspecified atom stereocenters. The highest BCUT2D eigenvalue weighted by molar-refractivity contribution is 5.88. The summed E-state index contributed by atoms with van der Waals surface area (Å²) < 4.78 is 37.9. The molecule has 0 spiro atoms. The smallest absolute Gasteiger partial charge is 0.419 e. The number of aromatic nitrogens is 3. The first kappa shape index (κ1) is 14.4. The van der Waals surface area contributed by atoms with E-state index >= 15 is 0 Å². The van der Waals surface area contributed by atoms with Crippen molar-refractivity contribution in [1.29, 1.82) is 0 Å². The van der Waals surface area contributed by atoms with E-state index in [0.717, 1.165) is 6.20 Å². The molecule has 0 aliphatic heterocycles. The monoisotopic (exact) mass is 302 g/mol. The lowest BCUT2D eigenvalue weighted by molar-refractivity contribution is -0.385. The summed E-state index contributed by atoms with van der Waals surface area (Å²) in [7, 11) is 0. The Bertz CT molecular complexity index is 725. The van der Waals surface area contributed by atoms with Crippen molar-refractivity contribution in [2.45, 2.75) is 6.18 Å². The Kier molecular flexibility index (Phi) is 3.33. The number of hydrogen-bond donors (Lipinski definition) is 1. The summed E-state index contributed by atoms with van der Waals surface area (Å²) in [6.45, 7) is 0. The third-order valence-corrected chi connectivity index (χ3v) is 2.42. The van der Waals surface area contributed by atoms with E-state index in [1.807, 2.05) is 0 Å². The van der Waals surface area contributed by atoms with Crippen LogP contribution in [0.3, 0.4) is 0 Å². The number of carboxylic acid groups (broad SMARTS) is 1. The Balaban J connectivity index is 2.56. The highest BCUT2D eigenvalue weighted by Crippen LogP contribution is 2.30. The SMILES string of the molecule is O=C(O)c1cnc(-n2cc(C(F)(F)F)cn2)c([N+](=O)[O-])c1. The molecule has 0 saturated heterocycles. The summed E-state index contributed by atoms with van der Waals surface area (Å²) in [6, 6.07) is 0.694. The van der Waals surface area contributed by atoms with E-state index in [1.165, 1.54) is 0 Å². The molecule has 0 aliphatic carbocycles. The Morgan fingerprint density at radius 3 is 2.52 bits per heavy atom. The quantitative estimate of drug-likeness (QED) is 0.684. The minimum absolute atomic E-state index is 0.464. The van der Waals surface area contributed by atoms with Crippen LogP contribution in [0.4, 0.5) is 18.9 Å². The minimum Gasteiger partial charge on any atom is -0.478 e. The minimum atomic E-state index is -4.66. The third-order valence-electron chi connectivity index (χ3n) is 2.42. The van der Waals surface area contributed by atoms with Crippen LogP contribution in [-0.2, 0) is 6.18 Å². The van der Waals surface area contributed by atoms with Crippen LogP contribution in [0, 0.1) is 10.1 Å². The van der Waals surface area contributed by atoms with Gasteiger partial charge >= 0.3 is 17.8 Å². The molecule has 110 valence electrons. The number of carbonyl (C=O) groups is 1. The van der Waals surface area contributed by atoms with Crippen molar-refractivity contribution in [3.63, 3.8) is 0 Å². The molecule has 2 aromatic heterocycles. The molecule has 11 heteroatoms. The van der Waals surface area contributed by atoms with Gasteiger partial charge in [-0.05, 0) is 0 Å². The van der Waals surface area contributed by atoms with Gasteiger partial charge in [-0.1, -0.05) is 0 Å². The van der Waals surface area contributed by atoms with Crippen molar-refractivity contribution in [2.24, 2.45) is 0 Å². The second-order valence-electron chi connectivity index (χ2n) is 3.80. The molecule has 0 aromatic carbocycles. The number of pyridine rings is 1. The van der Waals surface area contributed by atoms with Crippen LogP contribution < -0.4 is 0 Å². The van der Waals surface area contributed by atoms with Gasteiger partial charge in [-0.2, -0.15) is 18.3 Å². The lowest BCUT2D eigenvalue weighted by atomic mass is 10.2. The van der Waals surface area contributed by atoms with Gasteiger partial charge in [-0.15, -0.1) is 0 Å². The molecule has 21 heavy (non-hydrogen) atoms. The fourth-order valence-electron chi connectivity index (χ4n) is 1.46. The number of nitro groups is 1. The van der Waals surface area contributed by atoms with Gasteiger partial charge in [0.25, 0.3) is 0 Å². The van der Waals surface area contributed by atoms with Gasteiger partial charge in [0.05, 0.1) is 22.2 Å². The maximum Gasteiger partial charge on any atom is 0.419 e. The number of aromatic carboxylic acids is 1. The summed E-state index contributed by atoms with van der Waals surface area (Å²) >= 11 is 0. The van der Waals surface area contributed by atoms with Crippen LogP contribution in [0.15, 0.2) is 24.7 Å². The predicted molar refractivity (Wildman–Crippen MR) is 60.0 cm³/mol.